The Morgan fingerprint density at radius 1 is 1.05 bits per heavy atom. The summed E-state index contributed by atoms with van der Waals surface area (Å²) in [6, 6.07) is 13.3. The Labute approximate surface area is 127 Å². The van der Waals surface area contributed by atoms with Gasteiger partial charge in [0.25, 0.3) is 5.91 Å². The van der Waals surface area contributed by atoms with Gasteiger partial charge in [0.05, 0.1) is 10.6 Å². The summed E-state index contributed by atoms with van der Waals surface area (Å²) in [6.45, 7) is 1.33. The standard InChI is InChI=1S/C16H13Cl2NO/c17-13-6-4-11(5-7-13)8-9-19-10-12-2-1-3-14(18)15(12)16(19)20/h1-7H,8-10H2. The molecule has 1 amide bonds. The maximum atomic E-state index is 12.3. The molecule has 0 radical (unpaired) electrons. The molecule has 0 spiro atoms. The fourth-order valence-electron chi connectivity index (χ4n) is 2.47. The quantitative estimate of drug-likeness (QED) is 0.832. The summed E-state index contributed by atoms with van der Waals surface area (Å²) in [5, 5.41) is 1.27. The predicted molar refractivity (Wildman–Crippen MR) is 81.3 cm³/mol. The van der Waals surface area contributed by atoms with Crippen LogP contribution in [0.15, 0.2) is 42.5 Å². The summed E-state index contributed by atoms with van der Waals surface area (Å²) >= 11 is 12.0. The van der Waals surface area contributed by atoms with Gasteiger partial charge in [0.15, 0.2) is 0 Å². The van der Waals surface area contributed by atoms with Crippen molar-refractivity contribution in [1.29, 1.82) is 0 Å². The molecule has 0 atom stereocenters. The first-order chi connectivity index (χ1) is 9.65. The number of carbonyl (C=O) groups is 1. The van der Waals surface area contributed by atoms with Gasteiger partial charge in [-0.1, -0.05) is 47.5 Å². The van der Waals surface area contributed by atoms with E-state index in [2.05, 4.69) is 0 Å². The van der Waals surface area contributed by atoms with Crippen molar-refractivity contribution in [2.24, 2.45) is 0 Å². The number of hydrogen-bond donors (Lipinski definition) is 0. The maximum Gasteiger partial charge on any atom is 0.256 e. The van der Waals surface area contributed by atoms with Crippen LogP contribution in [0.25, 0.3) is 0 Å². The normalized spacial score (nSPS) is 13.7. The van der Waals surface area contributed by atoms with Crippen molar-refractivity contribution in [2.45, 2.75) is 13.0 Å². The number of rotatable bonds is 3. The van der Waals surface area contributed by atoms with E-state index in [0.29, 0.717) is 23.7 Å². The zero-order valence-corrected chi connectivity index (χ0v) is 12.3. The van der Waals surface area contributed by atoms with Crippen LogP contribution in [0.1, 0.15) is 21.5 Å². The molecule has 0 aliphatic carbocycles. The summed E-state index contributed by atoms with van der Waals surface area (Å²) in [4.78, 5) is 14.2. The van der Waals surface area contributed by atoms with Gasteiger partial charge in [0.2, 0.25) is 0 Å². The molecule has 0 saturated heterocycles. The number of nitrogens with zero attached hydrogens (tertiary/aromatic N) is 1. The van der Waals surface area contributed by atoms with E-state index in [-0.39, 0.29) is 5.91 Å². The monoisotopic (exact) mass is 305 g/mol. The van der Waals surface area contributed by atoms with Gasteiger partial charge in [-0.05, 0) is 35.7 Å². The number of fused-ring (bicyclic) bond motifs is 1. The fourth-order valence-corrected chi connectivity index (χ4v) is 2.87. The lowest BCUT2D eigenvalue weighted by Gasteiger charge is -2.15. The van der Waals surface area contributed by atoms with Crippen LogP contribution in [0, 0.1) is 0 Å². The lowest BCUT2D eigenvalue weighted by molar-refractivity contribution is 0.0780. The summed E-state index contributed by atoms with van der Waals surface area (Å²) in [5.41, 5.74) is 2.84. The third-order valence-corrected chi connectivity index (χ3v) is 4.11. The molecular formula is C16H13Cl2NO. The average Bonchev–Trinajstić information content (AvgIpc) is 2.76. The molecule has 0 fully saturated rings. The summed E-state index contributed by atoms with van der Waals surface area (Å²) in [7, 11) is 0. The van der Waals surface area contributed by atoms with Crippen molar-refractivity contribution in [3.63, 3.8) is 0 Å². The highest BCUT2D eigenvalue weighted by molar-refractivity contribution is 6.34. The van der Waals surface area contributed by atoms with Gasteiger partial charge >= 0.3 is 0 Å². The first-order valence-corrected chi connectivity index (χ1v) is 7.22. The average molecular weight is 306 g/mol. The molecule has 0 N–H and O–H groups in total. The minimum Gasteiger partial charge on any atom is -0.334 e. The predicted octanol–water partition coefficient (Wildman–Crippen LogP) is 4.19. The molecule has 2 aromatic carbocycles. The molecule has 20 heavy (non-hydrogen) atoms. The molecule has 3 rings (SSSR count). The van der Waals surface area contributed by atoms with E-state index in [1.165, 1.54) is 5.56 Å². The molecule has 102 valence electrons. The van der Waals surface area contributed by atoms with Crippen LogP contribution in [0.2, 0.25) is 10.0 Å². The second-order valence-corrected chi connectivity index (χ2v) is 5.72. The smallest absolute Gasteiger partial charge is 0.256 e. The van der Waals surface area contributed by atoms with E-state index >= 15 is 0 Å². The van der Waals surface area contributed by atoms with Crippen molar-refractivity contribution in [3.8, 4) is 0 Å². The third-order valence-electron chi connectivity index (χ3n) is 3.55. The van der Waals surface area contributed by atoms with E-state index < -0.39 is 0 Å². The van der Waals surface area contributed by atoms with Crippen molar-refractivity contribution in [3.05, 3.63) is 69.2 Å². The van der Waals surface area contributed by atoms with Crippen molar-refractivity contribution in [2.75, 3.05) is 6.54 Å². The fraction of sp³-hybridized carbons (Fsp3) is 0.188. The van der Waals surface area contributed by atoms with E-state index in [1.54, 1.807) is 6.07 Å². The zero-order valence-electron chi connectivity index (χ0n) is 10.8. The highest BCUT2D eigenvalue weighted by Crippen LogP contribution is 2.29. The number of hydrogen-bond acceptors (Lipinski definition) is 1. The van der Waals surface area contributed by atoms with Crippen LogP contribution >= 0.6 is 23.2 Å². The number of benzene rings is 2. The van der Waals surface area contributed by atoms with Gasteiger partial charge in [-0.3, -0.25) is 4.79 Å². The van der Waals surface area contributed by atoms with Crippen molar-refractivity contribution >= 4 is 29.1 Å². The second-order valence-electron chi connectivity index (χ2n) is 4.88. The molecule has 2 nitrogen and oxygen atoms in total. The largest absolute Gasteiger partial charge is 0.334 e. The SMILES string of the molecule is O=C1c2c(Cl)cccc2CN1CCc1ccc(Cl)cc1. The lowest BCUT2D eigenvalue weighted by atomic mass is 10.1. The number of amides is 1. The topological polar surface area (TPSA) is 20.3 Å². The van der Waals surface area contributed by atoms with E-state index in [0.717, 1.165) is 17.0 Å². The van der Waals surface area contributed by atoms with Gasteiger partial charge in [-0.2, -0.15) is 0 Å². The Morgan fingerprint density at radius 3 is 2.50 bits per heavy atom. The van der Waals surface area contributed by atoms with Crippen molar-refractivity contribution in [1.82, 2.24) is 4.90 Å². The molecule has 4 heteroatoms. The molecule has 1 heterocycles. The third kappa shape index (κ3) is 2.54. The van der Waals surface area contributed by atoms with Gasteiger partial charge < -0.3 is 4.90 Å². The van der Waals surface area contributed by atoms with E-state index in [1.807, 2.05) is 41.3 Å². The highest BCUT2D eigenvalue weighted by atomic mass is 35.5. The molecular weight excluding hydrogens is 293 g/mol. The second kappa shape index (κ2) is 5.47. The Kier molecular flexibility index (Phi) is 3.68. The lowest BCUT2D eigenvalue weighted by Crippen LogP contribution is -2.26. The first kappa shape index (κ1) is 13.5. The van der Waals surface area contributed by atoms with Crippen LogP contribution in [-0.2, 0) is 13.0 Å². The van der Waals surface area contributed by atoms with Crippen LogP contribution in [0.3, 0.4) is 0 Å². The van der Waals surface area contributed by atoms with Gasteiger partial charge in [0.1, 0.15) is 0 Å². The molecule has 0 aromatic heterocycles. The Bertz CT molecular complexity index is 652. The highest BCUT2D eigenvalue weighted by Gasteiger charge is 2.28. The molecule has 0 saturated carbocycles. The van der Waals surface area contributed by atoms with Gasteiger partial charge in [-0.25, -0.2) is 0 Å². The van der Waals surface area contributed by atoms with Crippen molar-refractivity contribution < 1.29 is 4.79 Å². The van der Waals surface area contributed by atoms with Crippen LogP contribution < -0.4 is 0 Å². The molecule has 0 bridgehead atoms. The minimum atomic E-state index is 0.0274. The summed E-state index contributed by atoms with van der Waals surface area (Å²) in [5.74, 6) is 0.0274. The maximum absolute atomic E-state index is 12.3. The van der Waals surface area contributed by atoms with Gasteiger partial charge in [-0.15, -0.1) is 0 Å². The zero-order chi connectivity index (χ0) is 14.1. The Balaban J connectivity index is 1.70. The molecule has 1 aliphatic heterocycles. The number of halogens is 2. The van der Waals surface area contributed by atoms with Crippen LogP contribution in [-0.4, -0.2) is 17.4 Å². The summed E-state index contributed by atoms with van der Waals surface area (Å²) in [6.07, 6.45) is 0.814. The summed E-state index contributed by atoms with van der Waals surface area (Å²) < 4.78 is 0. The Hall–Kier alpha value is -1.51. The van der Waals surface area contributed by atoms with Crippen LogP contribution in [0.5, 0.6) is 0 Å². The van der Waals surface area contributed by atoms with E-state index in [4.69, 9.17) is 23.2 Å². The minimum absolute atomic E-state index is 0.0274. The Morgan fingerprint density at radius 2 is 1.80 bits per heavy atom. The molecule has 2 aromatic rings. The van der Waals surface area contributed by atoms with E-state index in [9.17, 15) is 4.79 Å². The number of carbonyl (C=O) groups excluding carboxylic acids is 1. The molecule has 1 aliphatic rings. The molecule has 0 unspecified atom stereocenters. The van der Waals surface area contributed by atoms with Crippen LogP contribution in [0.4, 0.5) is 0 Å². The van der Waals surface area contributed by atoms with Gasteiger partial charge in [0, 0.05) is 18.1 Å². The first-order valence-electron chi connectivity index (χ1n) is 6.46.